The summed E-state index contributed by atoms with van der Waals surface area (Å²) in [4.78, 5) is 30.0. The van der Waals surface area contributed by atoms with E-state index in [1.165, 1.54) is 17.0 Å². The molecule has 176 valence electrons. The van der Waals surface area contributed by atoms with Crippen LogP contribution in [0.15, 0.2) is 54.6 Å². The monoisotopic (exact) mass is 454 g/mol. The number of urea groups is 1. The van der Waals surface area contributed by atoms with E-state index in [9.17, 15) is 19.1 Å². The first-order valence-electron chi connectivity index (χ1n) is 11.6. The van der Waals surface area contributed by atoms with Crippen molar-refractivity contribution >= 4 is 17.8 Å². The molecule has 8 heteroatoms. The van der Waals surface area contributed by atoms with E-state index in [2.05, 4.69) is 10.2 Å². The van der Waals surface area contributed by atoms with Gasteiger partial charge in [0.15, 0.2) is 0 Å². The number of piperidine rings is 1. The molecular formula is C25H31FN4O3. The lowest BCUT2D eigenvalue weighted by atomic mass is 9.90. The second-order valence-electron chi connectivity index (χ2n) is 8.95. The first-order chi connectivity index (χ1) is 16.0. The van der Waals surface area contributed by atoms with Crippen molar-refractivity contribution in [1.29, 1.82) is 0 Å². The number of nitrogens with zero attached hydrogens (tertiary/aromatic N) is 3. The smallest absolute Gasteiger partial charge is 0.407 e. The lowest BCUT2D eigenvalue weighted by Crippen LogP contribution is -2.60. The van der Waals surface area contributed by atoms with Gasteiger partial charge in [0.2, 0.25) is 0 Å². The second kappa shape index (κ2) is 10.7. The van der Waals surface area contributed by atoms with E-state index in [4.69, 9.17) is 0 Å². The van der Waals surface area contributed by atoms with Gasteiger partial charge in [0.25, 0.3) is 0 Å². The molecule has 7 nitrogen and oxygen atoms in total. The van der Waals surface area contributed by atoms with Crippen molar-refractivity contribution in [3.8, 4) is 0 Å². The molecular weight excluding hydrogens is 423 g/mol. The highest BCUT2D eigenvalue weighted by Gasteiger charge is 2.34. The lowest BCUT2D eigenvalue weighted by Gasteiger charge is -2.43. The molecule has 2 saturated heterocycles. The first kappa shape index (κ1) is 23.0. The molecule has 2 heterocycles. The molecule has 1 unspecified atom stereocenters. The fourth-order valence-corrected chi connectivity index (χ4v) is 4.80. The molecule has 2 aliphatic rings. The van der Waals surface area contributed by atoms with Gasteiger partial charge in [-0.05, 0) is 68.1 Å². The zero-order valence-electron chi connectivity index (χ0n) is 18.7. The maximum Gasteiger partial charge on any atom is 0.407 e. The highest BCUT2D eigenvalue weighted by Crippen LogP contribution is 2.23. The molecule has 0 radical (unpaired) electrons. The van der Waals surface area contributed by atoms with Crippen molar-refractivity contribution in [2.45, 2.75) is 25.3 Å². The summed E-state index contributed by atoms with van der Waals surface area (Å²) in [5, 5.41) is 12.6. The van der Waals surface area contributed by atoms with Gasteiger partial charge in [-0.1, -0.05) is 30.3 Å². The Morgan fingerprint density at radius 3 is 2.33 bits per heavy atom. The minimum atomic E-state index is -0.936. The highest BCUT2D eigenvalue weighted by atomic mass is 19.1. The van der Waals surface area contributed by atoms with Crippen molar-refractivity contribution in [1.82, 2.24) is 14.7 Å². The summed E-state index contributed by atoms with van der Waals surface area (Å²) in [5.74, 6) is 0.331. The Hall–Kier alpha value is -3.13. The maximum atomic E-state index is 13.1. The molecule has 0 bridgehead atoms. The number of piperazine rings is 1. The minimum Gasteiger partial charge on any atom is -0.465 e. The molecule has 1 atom stereocenters. The SMILES string of the molecule is O=C(Nc1ccccc1)N1CCN(C(=O)O)C(CN2CCC(Cc3ccc(F)cc3)CC2)C1. The van der Waals surface area contributed by atoms with Crippen LogP contribution in [0.25, 0.3) is 0 Å². The summed E-state index contributed by atoms with van der Waals surface area (Å²) in [6, 6.07) is 15.5. The Morgan fingerprint density at radius 2 is 1.67 bits per heavy atom. The normalized spacial score (nSPS) is 20.0. The molecule has 2 aliphatic heterocycles. The molecule has 4 rings (SSSR count). The number of rotatable bonds is 5. The van der Waals surface area contributed by atoms with E-state index in [0.717, 1.165) is 43.6 Å². The van der Waals surface area contributed by atoms with Crippen LogP contribution >= 0.6 is 0 Å². The molecule has 2 fully saturated rings. The van der Waals surface area contributed by atoms with Crippen LogP contribution in [0.1, 0.15) is 18.4 Å². The van der Waals surface area contributed by atoms with Crippen LogP contribution in [0.2, 0.25) is 0 Å². The average molecular weight is 455 g/mol. The number of carbonyl (C=O) groups is 2. The van der Waals surface area contributed by atoms with Crippen molar-refractivity contribution < 1.29 is 19.1 Å². The van der Waals surface area contributed by atoms with Crippen LogP contribution in [0.3, 0.4) is 0 Å². The molecule has 0 saturated carbocycles. The van der Waals surface area contributed by atoms with Gasteiger partial charge >= 0.3 is 12.1 Å². The third-order valence-corrected chi connectivity index (χ3v) is 6.65. The lowest BCUT2D eigenvalue weighted by molar-refractivity contribution is 0.0554. The number of benzene rings is 2. The number of carboxylic acid groups (broad SMARTS) is 1. The number of likely N-dealkylation sites (tertiary alicyclic amines) is 1. The van der Waals surface area contributed by atoms with Crippen molar-refractivity contribution in [2.24, 2.45) is 5.92 Å². The van der Waals surface area contributed by atoms with Crippen molar-refractivity contribution in [2.75, 3.05) is 44.6 Å². The Bertz CT molecular complexity index is 932. The van der Waals surface area contributed by atoms with E-state index in [1.807, 2.05) is 42.5 Å². The summed E-state index contributed by atoms with van der Waals surface area (Å²) >= 11 is 0. The number of nitrogens with one attached hydrogen (secondary N) is 1. The van der Waals surface area contributed by atoms with Crippen LogP contribution in [0.4, 0.5) is 19.7 Å². The summed E-state index contributed by atoms with van der Waals surface area (Å²) in [5.41, 5.74) is 1.88. The van der Waals surface area contributed by atoms with Gasteiger partial charge in [-0.15, -0.1) is 0 Å². The fraction of sp³-hybridized carbons (Fsp3) is 0.440. The Kier molecular flexibility index (Phi) is 7.44. The van der Waals surface area contributed by atoms with Gasteiger partial charge in [0.05, 0.1) is 6.04 Å². The summed E-state index contributed by atoms with van der Waals surface area (Å²) in [6.45, 7) is 3.47. The molecule has 2 aromatic rings. The third-order valence-electron chi connectivity index (χ3n) is 6.65. The minimum absolute atomic E-state index is 0.200. The zero-order valence-corrected chi connectivity index (χ0v) is 18.7. The van der Waals surface area contributed by atoms with E-state index in [-0.39, 0.29) is 17.9 Å². The molecule has 0 spiro atoms. The standard InChI is InChI=1S/C25H31FN4O3/c26-21-8-6-19(7-9-21)16-20-10-12-28(13-11-20)17-23-18-29(14-15-30(23)25(32)33)24(31)27-22-4-2-1-3-5-22/h1-9,20,23H,10-18H2,(H,27,31)(H,32,33). The zero-order chi connectivity index (χ0) is 23.2. The van der Waals surface area contributed by atoms with Crippen molar-refractivity contribution in [3.63, 3.8) is 0 Å². The van der Waals surface area contributed by atoms with E-state index in [0.29, 0.717) is 32.1 Å². The Balaban J connectivity index is 1.30. The van der Waals surface area contributed by atoms with Crippen molar-refractivity contribution in [3.05, 3.63) is 66.0 Å². The number of hydrogen-bond acceptors (Lipinski definition) is 3. The summed E-state index contributed by atoms with van der Waals surface area (Å²) < 4.78 is 13.1. The van der Waals surface area contributed by atoms with Crippen LogP contribution in [-0.2, 0) is 6.42 Å². The first-order valence-corrected chi connectivity index (χ1v) is 11.6. The predicted octanol–water partition coefficient (Wildman–Crippen LogP) is 3.98. The van der Waals surface area contributed by atoms with Crippen LogP contribution in [0, 0.1) is 11.7 Å². The quantitative estimate of drug-likeness (QED) is 0.717. The molecule has 2 N–H and O–H groups in total. The van der Waals surface area contributed by atoms with Gasteiger partial charge in [0.1, 0.15) is 5.82 Å². The molecule has 3 amide bonds. The average Bonchev–Trinajstić information content (AvgIpc) is 2.82. The second-order valence-corrected chi connectivity index (χ2v) is 8.95. The van der Waals surface area contributed by atoms with Gasteiger partial charge in [-0.2, -0.15) is 0 Å². The van der Waals surface area contributed by atoms with Crippen LogP contribution in [0.5, 0.6) is 0 Å². The van der Waals surface area contributed by atoms with Gasteiger partial charge < -0.3 is 25.1 Å². The highest BCUT2D eigenvalue weighted by molar-refractivity contribution is 5.89. The third kappa shape index (κ3) is 6.22. The van der Waals surface area contributed by atoms with E-state index < -0.39 is 6.09 Å². The molecule has 33 heavy (non-hydrogen) atoms. The molecule has 0 aliphatic carbocycles. The molecule has 0 aromatic heterocycles. The Morgan fingerprint density at radius 1 is 0.970 bits per heavy atom. The van der Waals surface area contributed by atoms with Crippen LogP contribution in [-0.4, -0.2) is 77.2 Å². The number of carbonyl (C=O) groups excluding carboxylic acids is 1. The maximum absolute atomic E-state index is 13.1. The van der Waals surface area contributed by atoms with Crippen LogP contribution < -0.4 is 5.32 Å². The topological polar surface area (TPSA) is 76.1 Å². The van der Waals surface area contributed by atoms with Gasteiger partial charge in [0, 0.05) is 31.9 Å². The van der Waals surface area contributed by atoms with E-state index >= 15 is 0 Å². The number of halogens is 1. The van der Waals surface area contributed by atoms with E-state index in [1.54, 1.807) is 4.90 Å². The Labute approximate surface area is 193 Å². The summed E-state index contributed by atoms with van der Waals surface area (Å²) in [6.07, 6.45) is 2.05. The number of hydrogen-bond donors (Lipinski definition) is 2. The summed E-state index contributed by atoms with van der Waals surface area (Å²) in [7, 11) is 0. The fourth-order valence-electron chi connectivity index (χ4n) is 4.80. The predicted molar refractivity (Wildman–Crippen MR) is 125 cm³/mol. The largest absolute Gasteiger partial charge is 0.465 e. The van der Waals surface area contributed by atoms with Gasteiger partial charge in [-0.3, -0.25) is 0 Å². The molecule has 2 aromatic carbocycles. The number of anilines is 1. The number of para-hydroxylation sites is 1. The van der Waals surface area contributed by atoms with Gasteiger partial charge in [-0.25, -0.2) is 14.0 Å². The number of amides is 3.